The van der Waals surface area contributed by atoms with Crippen molar-refractivity contribution in [1.82, 2.24) is 0 Å². The van der Waals surface area contributed by atoms with Crippen molar-refractivity contribution >= 4 is 62.8 Å². The Morgan fingerprint density at radius 3 is 2.36 bits per heavy atom. The summed E-state index contributed by atoms with van der Waals surface area (Å²) in [4.78, 5) is 30.4. The number of amides is 1. The highest BCUT2D eigenvalue weighted by molar-refractivity contribution is 14.1. The molecule has 0 N–H and O–H groups in total. The van der Waals surface area contributed by atoms with Crippen LogP contribution in [0, 0.1) is 14.7 Å². The predicted octanol–water partition coefficient (Wildman–Crippen LogP) is 6.44. The molecule has 4 nitrogen and oxygen atoms in total. The van der Waals surface area contributed by atoms with Gasteiger partial charge in [-0.2, -0.15) is 0 Å². The van der Waals surface area contributed by atoms with E-state index in [1.54, 1.807) is 11.3 Å². The Morgan fingerprint density at radius 2 is 1.82 bits per heavy atom. The lowest BCUT2D eigenvalue weighted by Gasteiger charge is -2.33. The molecule has 0 saturated heterocycles. The summed E-state index contributed by atoms with van der Waals surface area (Å²) < 4.78 is 6.23. The molecule has 1 fully saturated rings. The van der Waals surface area contributed by atoms with Gasteiger partial charge in [0.2, 0.25) is 5.91 Å². The molecule has 0 radical (unpaired) electrons. The number of thiophene rings is 2. The zero-order valence-electron chi connectivity index (χ0n) is 16.7. The Hall–Kier alpha value is -0.930. The van der Waals surface area contributed by atoms with Crippen molar-refractivity contribution in [3.8, 4) is 9.75 Å². The molecule has 28 heavy (non-hydrogen) atoms. The van der Waals surface area contributed by atoms with Gasteiger partial charge in [-0.15, -0.1) is 22.7 Å². The Kier molecular flexibility index (Phi) is 7.20. The van der Waals surface area contributed by atoms with E-state index in [1.807, 2.05) is 24.8 Å². The summed E-state index contributed by atoms with van der Waals surface area (Å²) in [6, 6.07) is 6.09. The summed E-state index contributed by atoms with van der Waals surface area (Å²) in [6.07, 6.45) is 4.04. The lowest BCUT2D eigenvalue weighted by molar-refractivity contribution is -0.123. The summed E-state index contributed by atoms with van der Waals surface area (Å²) in [7, 11) is 1.39. The van der Waals surface area contributed by atoms with Gasteiger partial charge >= 0.3 is 5.97 Å². The Morgan fingerprint density at radius 1 is 1.14 bits per heavy atom. The number of esters is 1. The van der Waals surface area contributed by atoms with Gasteiger partial charge in [-0.3, -0.25) is 4.79 Å². The van der Waals surface area contributed by atoms with Gasteiger partial charge in [0.15, 0.2) is 0 Å². The van der Waals surface area contributed by atoms with E-state index < -0.39 is 0 Å². The fourth-order valence-electron chi connectivity index (χ4n) is 3.72. The molecule has 0 unspecified atom stereocenters. The number of anilines is 1. The fourth-order valence-corrected chi connectivity index (χ4v) is 6.49. The first-order chi connectivity index (χ1) is 13.3. The van der Waals surface area contributed by atoms with Crippen molar-refractivity contribution in [2.24, 2.45) is 11.8 Å². The van der Waals surface area contributed by atoms with Crippen molar-refractivity contribution in [1.29, 1.82) is 0 Å². The van der Waals surface area contributed by atoms with Crippen LogP contribution in [0.4, 0.5) is 5.69 Å². The maximum Gasteiger partial charge on any atom is 0.350 e. The molecule has 2 aromatic heterocycles. The van der Waals surface area contributed by atoms with Crippen LogP contribution >= 0.6 is 45.3 Å². The molecular formula is C21H26INO3S2. The maximum absolute atomic E-state index is 13.4. The van der Waals surface area contributed by atoms with Crippen LogP contribution in [-0.4, -0.2) is 25.0 Å². The summed E-state index contributed by atoms with van der Waals surface area (Å²) in [5.74, 6) is 0.483. The molecule has 1 aliphatic rings. The van der Waals surface area contributed by atoms with E-state index >= 15 is 0 Å². The maximum atomic E-state index is 13.4. The van der Waals surface area contributed by atoms with Gasteiger partial charge in [0.05, 0.1) is 15.7 Å². The van der Waals surface area contributed by atoms with Crippen molar-refractivity contribution in [2.45, 2.75) is 52.5 Å². The van der Waals surface area contributed by atoms with Crippen molar-refractivity contribution in [3.63, 3.8) is 0 Å². The molecule has 1 amide bonds. The van der Waals surface area contributed by atoms with E-state index in [0.717, 1.165) is 35.4 Å². The topological polar surface area (TPSA) is 46.6 Å². The van der Waals surface area contributed by atoms with Crippen LogP contribution in [0.5, 0.6) is 0 Å². The van der Waals surface area contributed by atoms with Crippen LogP contribution < -0.4 is 4.90 Å². The molecule has 0 spiro atoms. The predicted molar refractivity (Wildman–Crippen MR) is 125 cm³/mol. The van der Waals surface area contributed by atoms with E-state index in [2.05, 4.69) is 41.6 Å². The molecule has 7 heteroatoms. The molecular weight excluding hydrogens is 505 g/mol. The fraction of sp³-hybridized carbons (Fsp3) is 0.524. The molecule has 0 bridgehead atoms. The minimum Gasteiger partial charge on any atom is -0.465 e. The average Bonchev–Trinajstić information content (AvgIpc) is 3.28. The molecule has 0 atom stereocenters. The lowest BCUT2D eigenvalue weighted by Crippen LogP contribution is -2.42. The number of rotatable bonds is 5. The number of carbonyl (C=O) groups excluding carboxylic acids is 2. The highest BCUT2D eigenvalue weighted by Gasteiger charge is 2.33. The summed E-state index contributed by atoms with van der Waals surface area (Å²) in [6.45, 7) is 6.27. The molecule has 1 saturated carbocycles. The number of ether oxygens (including phenoxy) is 1. The van der Waals surface area contributed by atoms with Crippen molar-refractivity contribution in [3.05, 3.63) is 26.0 Å². The van der Waals surface area contributed by atoms with Crippen LogP contribution in [0.15, 0.2) is 18.2 Å². The van der Waals surface area contributed by atoms with Gasteiger partial charge in [0.25, 0.3) is 0 Å². The first-order valence-corrected chi connectivity index (χ1v) is 12.3. The Balaban J connectivity index is 2.00. The normalized spacial score (nSPS) is 19.6. The Bertz CT molecular complexity index is 850. The minimum absolute atomic E-state index is 0.0267. The first kappa shape index (κ1) is 21.8. The monoisotopic (exact) mass is 531 g/mol. The SMILES string of the molecule is COC(=O)c1sc(-c2ccc(I)s2)cc1N(C(=O)C1CCC(C)CC1)C(C)C. The smallest absolute Gasteiger partial charge is 0.350 e. The highest BCUT2D eigenvalue weighted by Crippen LogP contribution is 2.42. The van der Waals surface area contributed by atoms with Gasteiger partial charge in [-0.05, 0) is 86.2 Å². The number of hydrogen-bond donors (Lipinski definition) is 0. The molecule has 0 aliphatic heterocycles. The van der Waals surface area contributed by atoms with Crippen LogP contribution in [0.3, 0.4) is 0 Å². The van der Waals surface area contributed by atoms with Crippen LogP contribution in [0.25, 0.3) is 9.75 Å². The van der Waals surface area contributed by atoms with Gasteiger partial charge in [0.1, 0.15) is 4.88 Å². The summed E-state index contributed by atoms with van der Waals surface area (Å²) in [5, 5.41) is 0. The molecule has 1 aliphatic carbocycles. The van der Waals surface area contributed by atoms with E-state index in [1.165, 1.54) is 21.3 Å². The molecule has 0 aromatic carbocycles. The van der Waals surface area contributed by atoms with Crippen molar-refractivity contribution in [2.75, 3.05) is 12.0 Å². The van der Waals surface area contributed by atoms with Gasteiger partial charge in [-0.1, -0.05) is 6.92 Å². The second-order valence-corrected chi connectivity index (χ2v) is 11.7. The zero-order valence-corrected chi connectivity index (χ0v) is 20.4. The number of methoxy groups -OCH3 is 1. The van der Waals surface area contributed by atoms with Crippen LogP contribution in [0.2, 0.25) is 0 Å². The van der Waals surface area contributed by atoms with Gasteiger partial charge in [-0.25, -0.2) is 4.79 Å². The lowest BCUT2D eigenvalue weighted by atomic mass is 9.82. The average molecular weight is 531 g/mol. The highest BCUT2D eigenvalue weighted by atomic mass is 127. The number of carbonyl (C=O) groups is 2. The molecule has 2 heterocycles. The number of hydrogen-bond acceptors (Lipinski definition) is 5. The number of nitrogens with zero attached hydrogens (tertiary/aromatic N) is 1. The third-order valence-electron chi connectivity index (χ3n) is 5.28. The molecule has 2 aromatic rings. The standard InChI is InChI=1S/C21H26INO3S2/c1-12(2)23(20(24)14-7-5-13(3)6-8-14)15-11-17(16-9-10-18(22)27-16)28-19(15)21(25)26-4/h9-14H,5-8H2,1-4H3. The second kappa shape index (κ2) is 9.26. The summed E-state index contributed by atoms with van der Waals surface area (Å²) >= 11 is 5.38. The third-order valence-corrected chi connectivity index (χ3v) is 8.47. The van der Waals surface area contributed by atoms with E-state index in [-0.39, 0.29) is 23.8 Å². The second-order valence-electron chi connectivity index (χ2n) is 7.68. The Labute approximate surface area is 188 Å². The van der Waals surface area contributed by atoms with Crippen molar-refractivity contribution < 1.29 is 14.3 Å². The molecule has 3 rings (SSSR count). The van der Waals surface area contributed by atoms with E-state index in [0.29, 0.717) is 16.5 Å². The third kappa shape index (κ3) is 4.62. The summed E-state index contributed by atoms with van der Waals surface area (Å²) in [5.41, 5.74) is 0.689. The van der Waals surface area contributed by atoms with E-state index in [4.69, 9.17) is 4.74 Å². The molecule has 152 valence electrons. The van der Waals surface area contributed by atoms with Gasteiger partial charge < -0.3 is 9.64 Å². The quantitative estimate of drug-likeness (QED) is 0.330. The minimum atomic E-state index is -0.381. The largest absolute Gasteiger partial charge is 0.465 e. The van der Waals surface area contributed by atoms with Crippen LogP contribution in [0.1, 0.15) is 56.1 Å². The van der Waals surface area contributed by atoms with Gasteiger partial charge in [0, 0.05) is 21.7 Å². The zero-order chi connectivity index (χ0) is 20.4. The van der Waals surface area contributed by atoms with Crippen LogP contribution in [-0.2, 0) is 9.53 Å². The van der Waals surface area contributed by atoms with E-state index in [9.17, 15) is 9.59 Å². The first-order valence-electron chi connectivity index (χ1n) is 9.62. The number of halogens is 1.